The SMILES string of the molecule is CC(Cc1cccs1)NCc1cc(F)c(F)cc1F. The van der Waals surface area contributed by atoms with Gasteiger partial charge in [-0.3, -0.25) is 0 Å². The summed E-state index contributed by atoms with van der Waals surface area (Å²) >= 11 is 1.66. The highest BCUT2D eigenvalue weighted by atomic mass is 32.1. The van der Waals surface area contributed by atoms with E-state index in [1.165, 1.54) is 4.88 Å². The van der Waals surface area contributed by atoms with Crippen molar-refractivity contribution in [2.24, 2.45) is 0 Å². The van der Waals surface area contributed by atoms with Gasteiger partial charge in [-0.2, -0.15) is 0 Å². The van der Waals surface area contributed by atoms with Crippen molar-refractivity contribution in [3.05, 3.63) is 57.5 Å². The lowest BCUT2D eigenvalue weighted by atomic mass is 10.1. The number of rotatable bonds is 5. The molecule has 0 fully saturated rings. The Morgan fingerprint density at radius 1 is 1.16 bits per heavy atom. The third-order valence-electron chi connectivity index (χ3n) is 2.82. The van der Waals surface area contributed by atoms with Crippen molar-refractivity contribution in [3.63, 3.8) is 0 Å². The molecular weight excluding hydrogens is 271 g/mol. The van der Waals surface area contributed by atoms with Gasteiger partial charge in [-0.15, -0.1) is 11.3 Å². The minimum Gasteiger partial charge on any atom is -0.310 e. The second-order valence-electron chi connectivity index (χ2n) is 4.42. The van der Waals surface area contributed by atoms with Gasteiger partial charge < -0.3 is 5.32 Å². The minimum absolute atomic E-state index is 0.131. The first-order valence-corrected chi connectivity index (χ1v) is 6.83. The van der Waals surface area contributed by atoms with Gasteiger partial charge in [-0.05, 0) is 30.9 Å². The molecule has 0 saturated heterocycles. The number of benzene rings is 1. The lowest BCUT2D eigenvalue weighted by molar-refractivity contribution is 0.480. The van der Waals surface area contributed by atoms with Crippen molar-refractivity contribution in [2.75, 3.05) is 0 Å². The number of halogens is 3. The van der Waals surface area contributed by atoms with Crippen LogP contribution in [0.2, 0.25) is 0 Å². The number of hydrogen-bond donors (Lipinski definition) is 1. The van der Waals surface area contributed by atoms with Crippen LogP contribution >= 0.6 is 11.3 Å². The average Bonchev–Trinajstić information content (AvgIpc) is 2.85. The van der Waals surface area contributed by atoms with Crippen molar-refractivity contribution in [3.8, 4) is 0 Å². The van der Waals surface area contributed by atoms with E-state index in [2.05, 4.69) is 5.32 Å². The Labute approximate surface area is 114 Å². The first-order valence-electron chi connectivity index (χ1n) is 5.95. The van der Waals surface area contributed by atoms with Gasteiger partial charge in [0.05, 0.1) is 0 Å². The fourth-order valence-corrected chi connectivity index (χ4v) is 2.62. The van der Waals surface area contributed by atoms with Crippen LogP contribution < -0.4 is 5.32 Å². The molecule has 102 valence electrons. The van der Waals surface area contributed by atoms with Crippen LogP contribution in [-0.4, -0.2) is 6.04 Å². The van der Waals surface area contributed by atoms with Gasteiger partial charge in [-0.25, -0.2) is 13.2 Å². The predicted octanol–water partition coefficient (Wildman–Crippen LogP) is 3.89. The van der Waals surface area contributed by atoms with Crippen LogP contribution in [0, 0.1) is 17.5 Å². The van der Waals surface area contributed by atoms with Crippen LogP contribution in [0.5, 0.6) is 0 Å². The van der Waals surface area contributed by atoms with E-state index in [-0.39, 0.29) is 18.2 Å². The van der Waals surface area contributed by atoms with E-state index in [0.29, 0.717) is 6.07 Å². The molecule has 0 aliphatic rings. The molecule has 1 heterocycles. The molecule has 0 amide bonds. The third-order valence-corrected chi connectivity index (χ3v) is 3.72. The zero-order valence-electron chi connectivity index (χ0n) is 10.4. The highest BCUT2D eigenvalue weighted by Gasteiger charge is 2.11. The van der Waals surface area contributed by atoms with Crippen molar-refractivity contribution in [2.45, 2.75) is 25.9 Å². The summed E-state index contributed by atoms with van der Waals surface area (Å²) in [5, 5.41) is 5.10. The summed E-state index contributed by atoms with van der Waals surface area (Å²) in [6.07, 6.45) is 0.822. The molecule has 1 aromatic carbocycles. The maximum Gasteiger partial charge on any atom is 0.161 e. The predicted molar refractivity (Wildman–Crippen MR) is 70.6 cm³/mol. The Morgan fingerprint density at radius 3 is 2.58 bits per heavy atom. The summed E-state index contributed by atoms with van der Waals surface area (Å²) in [5.41, 5.74) is 0.136. The van der Waals surface area contributed by atoms with Crippen LogP contribution in [0.1, 0.15) is 17.4 Å². The highest BCUT2D eigenvalue weighted by Crippen LogP contribution is 2.15. The molecule has 1 aromatic heterocycles. The Kier molecular flexibility index (Phi) is 4.61. The number of hydrogen-bond acceptors (Lipinski definition) is 2. The van der Waals surface area contributed by atoms with Gasteiger partial charge >= 0.3 is 0 Å². The Balaban J connectivity index is 1.93. The monoisotopic (exact) mass is 285 g/mol. The Hall–Kier alpha value is -1.33. The van der Waals surface area contributed by atoms with Gasteiger partial charge in [0.15, 0.2) is 11.6 Å². The average molecular weight is 285 g/mol. The summed E-state index contributed by atoms with van der Waals surface area (Å²) in [5.74, 6) is -2.91. The summed E-state index contributed by atoms with van der Waals surface area (Å²) in [7, 11) is 0. The smallest absolute Gasteiger partial charge is 0.161 e. The molecule has 0 aliphatic heterocycles. The van der Waals surface area contributed by atoms with Crippen LogP contribution in [0.15, 0.2) is 29.6 Å². The first kappa shape index (κ1) is 14.1. The van der Waals surface area contributed by atoms with Gasteiger partial charge in [0.2, 0.25) is 0 Å². The molecule has 0 radical (unpaired) electrons. The number of nitrogens with one attached hydrogen (secondary N) is 1. The van der Waals surface area contributed by atoms with Gasteiger partial charge in [0.25, 0.3) is 0 Å². The van der Waals surface area contributed by atoms with Crippen molar-refractivity contribution in [1.29, 1.82) is 0 Å². The minimum atomic E-state index is -1.16. The van der Waals surface area contributed by atoms with Crippen molar-refractivity contribution >= 4 is 11.3 Å². The van der Waals surface area contributed by atoms with Gasteiger partial charge in [0.1, 0.15) is 5.82 Å². The molecular formula is C14H14F3NS. The summed E-state index contributed by atoms with van der Waals surface area (Å²) in [6.45, 7) is 2.15. The lowest BCUT2D eigenvalue weighted by Gasteiger charge is -2.13. The van der Waals surface area contributed by atoms with Crippen molar-refractivity contribution < 1.29 is 13.2 Å². The standard InChI is InChI=1S/C14H14F3NS/c1-9(5-11-3-2-4-19-11)18-8-10-6-13(16)14(17)7-12(10)15/h2-4,6-7,9,18H,5,8H2,1H3. The third kappa shape index (κ3) is 3.81. The van der Waals surface area contributed by atoms with E-state index in [1.807, 2.05) is 24.4 Å². The fraction of sp³-hybridized carbons (Fsp3) is 0.286. The molecule has 2 aromatic rings. The van der Waals surface area contributed by atoms with Crippen molar-refractivity contribution in [1.82, 2.24) is 5.32 Å². The van der Waals surface area contributed by atoms with Gasteiger partial charge in [0, 0.05) is 29.1 Å². The molecule has 1 atom stereocenters. The van der Waals surface area contributed by atoms with E-state index < -0.39 is 17.5 Å². The van der Waals surface area contributed by atoms with E-state index >= 15 is 0 Å². The Bertz CT molecular complexity index is 540. The maximum atomic E-state index is 13.4. The zero-order chi connectivity index (χ0) is 13.8. The lowest BCUT2D eigenvalue weighted by Crippen LogP contribution is -2.27. The normalized spacial score (nSPS) is 12.6. The molecule has 0 saturated carbocycles. The van der Waals surface area contributed by atoms with Crippen LogP contribution in [0.4, 0.5) is 13.2 Å². The Morgan fingerprint density at radius 2 is 1.89 bits per heavy atom. The van der Waals surface area contributed by atoms with E-state index in [4.69, 9.17) is 0 Å². The van der Waals surface area contributed by atoms with Crippen LogP contribution in [-0.2, 0) is 13.0 Å². The largest absolute Gasteiger partial charge is 0.310 e. The van der Waals surface area contributed by atoms with E-state index in [0.717, 1.165) is 12.5 Å². The van der Waals surface area contributed by atoms with Gasteiger partial charge in [-0.1, -0.05) is 6.07 Å². The summed E-state index contributed by atoms with van der Waals surface area (Å²) in [4.78, 5) is 1.23. The summed E-state index contributed by atoms with van der Waals surface area (Å²) in [6, 6.07) is 5.61. The second kappa shape index (κ2) is 6.21. The second-order valence-corrected chi connectivity index (χ2v) is 5.46. The quantitative estimate of drug-likeness (QED) is 0.822. The molecule has 2 rings (SSSR count). The van der Waals surface area contributed by atoms with E-state index in [9.17, 15) is 13.2 Å². The summed E-state index contributed by atoms with van der Waals surface area (Å²) < 4.78 is 39.2. The first-order chi connectivity index (χ1) is 9.06. The highest BCUT2D eigenvalue weighted by molar-refractivity contribution is 7.09. The fourth-order valence-electron chi connectivity index (χ4n) is 1.79. The molecule has 1 unspecified atom stereocenters. The molecule has 0 spiro atoms. The number of thiophene rings is 1. The maximum absolute atomic E-state index is 13.4. The topological polar surface area (TPSA) is 12.0 Å². The zero-order valence-corrected chi connectivity index (χ0v) is 11.2. The van der Waals surface area contributed by atoms with Crippen LogP contribution in [0.3, 0.4) is 0 Å². The molecule has 0 aliphatic carbocycles. The molecule has 0 bridgehead atoms. The van der Waals surface area contributed by atoms with Crippen LogP contribution in [0.25, 0.3) is 0 Å². The molecule has 1 nitrogen and oxygen atoms in total. The van der Waals surface area contributed by atoms with E-state index in [1.54, 1.807) is 11.3 Å². The molecule has 19 heavy (non-hydrogen) atoms. The molecule has 1 N–H and O–H groups in total. The molecule has 5 heteroatoms.